The van der Waals surface area contributed by atoms with E-state index in [9.17, 15) is 0 Å². The molecule has 0 bridgehead atoms. The molecule has 4 nitrogen and oxygen atoms in total. The number of furan rings is 1. The number of hydrogen-bond donors (Lipinski definition) is 1. The van der Waals surface area contributed by atoms with E-state index in [0.717, 1.165) is 37.8 Å². The average molecular weight is 266 g/mol. The van der Waals surface area contributed by atoms with Crippen LogP contribution >= 0.6 is 0 Å². The molecule has 1 unspecified atom stereocenters. The maximum atomic E-state index is 5.82. The number of rotatable bonds is 7. The van der Waals surface area contributed by atoms with Crippen LogP contribution in [0.2, 0.25) is 0 Å². The van der Waals surface area contributed by atoms with Gasteiger partial charge in [-0.15, -0.1) is 0 Å². The minimum Gasteiger partial charge on any atom is -0.463 e. The second kappa shape index (κ2) is 7.08. The zero-order chi connectivity index (χ0) is 13.7. The molecule has 4 heteroatoms. The lowest BCUT2D eigenvalue weighted by molar-refractivity contribution is 0.0773. The zero-order valence-corrected chi connectivity index (χ0v) is 12.3. The highest BCUT2D eigenvalue weighted by molar-refractivity contribution is 5.07. The van der Waals surface area contributed by atoms with Crippen molar-refractivity contribution in [2.45, 2.75) is 51.9 Å². The predicted molar refractivity (Wildman–Crippen MR) is 76.0 cm³/mol. The molecule has 1 aromatic heterocycles. The molecule has 0 saturated carbocycles. The Kier molecular flexibility index (Phi) is 5.43. The first-order chi connectivity index (χ1) is 9.13. The van der Waals surface area contributed by atoms with Gasteiger partial charge in [0.25, 0.3) is 0 Å². The molecule has 0 aromatic carbocycles. The van der Waals surface area contributed by atoms with Gasteiger partial charge in [0.05, 0.1) is 19.2 Å². The molecule has 1 aliphatic heterocycles. The molecule has 108 valence electrons. The molecule has 1 saturated heterocycles. The van der Waals surface area contributed by atoms with E-state index >= 15 is 0 Å². The monoisotopic (exact) mass is 266 g/mol. The van der Waals surface area contributed by atoms with E-state index < -0.39 is 0 Å². The Morgan fingerprint density at radius 3 is 2.84 bits per heavy atom. The molecule has 2 heterocycles. The van der Waals surface area contributed by atoms with Crippen molar-refractivity contribution in [2.75, 3.05) is 20.2 Å². The lowest BCUT2D eigenvalue weighted by Gasteiger charge is -2.19. The van der Waals surface area contributed by atoms with E-state index in [1.54, 1.807) is 0 Å². The van der Waals surface area contributed by atoms with Gasteiger partial charge in [0, 0.05) is 19.2 Å². The maximum absolute atomic E-state index is 5.82. The van der Waals surface area contributed by atoms with Gasteiger partial charge in [0.15, 0.2) is 0 Å². The minimum absolute atomic E-state index is 0.405. The van der Waals surface area contributed by atoms with Crippen LogP contribution in [0, 0.1) is 0 Å². The molecule has 0 amide bonds. The Bertz CT molecular complexity index is 370. The molecule has 1 fully saturated rings. The Balaban J connectivity index is 1.75. The van der Waals surface area contributed by atoms with E-state index in [4.69, 9.17) is 9.15 Å². The molecule has 19 heavy (non-hydrogen) atoms. The third-order valence-corrected chi connectivity index (χ3v) is 3.37. The van der Waals surface area contributed by atoms with Gasteiger partial charge in [-0.25, -0.2) is 0 Å². The summed E-state index contributed by atoms with van der Waals surface area (Å²) in [6.45, 7) is 7.83. The zero-order valence-electron chi connectivity index (χ0n) is 12.3. The van der Waals surface area contributed by atoms with E-state index in [0.29, 0.717) is 12.1 Å². The van der Waals surface area contributed by atoms with Crippen LogP contribution in [0.1, 0.15) is 38.2 Å². The summed E-state index contributed by atoms with van der Waals surface area (Å²) in [4.78, 5) is 2.27. The number of likely N-dealkylation sites (N-methyl/N-ethyl adjacent to an activating group) is 1. The van der Waals surface area contributed by atoms with Gasteiger partial charge in [-0.2, -0.15) is 0 Å². The fourth-order valence-corrected chi connectivity index (χ4v) is 2.37. The van der Waals surface area contributed by atoms with Crippen molar-refractivity contribution in [2.24, 2.45) is 0 Å². The van der Waals surface area contributed by atoms with E-state index in [-0.39, 0.29) is 0 Å². The smallest absolute Gasteiger partial charge is 0.118 e. The first-order valence-corrected chi connectivity index (χ1v) is 7.24. The normalized spacial score (nSPS) is 19.7. The van der Waals surface area contributed by atoms with Crippen LogP contribution < -0.4 is 5.32 Å². The Labute approximate surface area is 116 Å². The van der Waals surface area contributed by atoms with Gasteiger partial charge in [-0.05, 0) is 32.0 Å². The fourth-order valence-electron chi connectivity index (χ4n) is 2.37. The molecule has 2 rings (SSSR count). The summed E-state index contributed by atoms with van der Waals surface area (Å²) in [5.41, 5.74) is 0. The minimum atomic E-state index is 0.405. The van der Waals surface area contributed by atoms with Crippen LogP contribution in [0.15, 0.2) is 16.5 Å². The summed E-state index contributed by atoms with van der Waals surface area (Å²) in [7, 11) is 2.12. The van der Waals surface area contributed by atoms with Crippen molar-refractivity contribution in [3.63, 3.8) is 0 Å². The highest BCUT2D eigenvalue weighted by Gasteiger charge is 2.17. The number of nitrogens with zero attached hydrogens (tertiary/aromatic N) is 1. The second-order valence-corrected chi connectivity index (χ2v) is 5.74. The van der Waals surface area contributed by atoms with Crippen molar-refractivity contribution < 1.29 is 9.15 Å². The highest BCUT2D eigenvalue weighted by atomic mass is 16.5. The van der Waals surface area contributed by atoms with Crippen molar-refractivity contribution in [1.29, 1.82) is 0 Å². The van der Waals surface area contributed by atoms with Crippen LogP contribution in [0.25, 0.3) is 0 Å². The third-order valence-electron chi connectivity index (χ3n) is 3.37. The number of hydrogen-bond acceptors (Lipinski definition) is 4. The first-order valence-electron chi connectivity index (χ1n) is 7.24. The standard InChI is InChI=1S/C15H26N2O2/c1-12(2)16-9-13-6-7-15(19-13)11-17(3)10-14-5-4-8-18-14/h6-7,12,14,16H,4-5,8-11H2,1-3H3. The van der Waals surface area contributed by atoms with Crippen molar-refractivity contribution in [1.82, 2.24) is 10.2 Å². The van der Waals surface area contributed by atoms with Gasteiger partial charge in [-0.1, -0.05) is 13.8 Å². The van der Waals surface area contributed by atoms with Crippen LogP contribution in [-0.4, -0.2) is 37.2 Å². The third kappa shape index (κ3) is 4.97. The molecule has 1 atom stereocenters. The second-order valence-electron chi connectivity index (χ2n) is 5.74. The Morgan fingerprint density at radius 2 is 2.16 bits per heavy atom. The maximum Gasteiger partial charge on any atom is 0.118 e. The average Bonchev–Trinajstić information content (AvgIpc) is 2.98. The molecule has 1 aliphatic rings. The van der Waals surface area contributed by atoms with Crippen molar-refractivity contribution in [3.05, 3.63) is 23.7 Å². The quantitative estimate of drug-likeness (QED) is 0.822. The summed E-state index contributed by atoms with van der Waals surface area (Å²) in [5, 5.41) is 3.36. The molecule has 1 aromatic rings. The molecule has 0 spiro atoms. The highest BCUT2D eigenvalue weighted by Crippen LogP contribution is 2.15. The van der Waals surface area contributed by atoms with Crippen LogP contribution in [0.3, 0.4) is 0 Å². The van der Waals surface area contributed by atoms with Gasteiger partial charge in [-0.3, -0.25) is 4.90 Å². The molecule has 1 N–H and O–H groups in total. The summed E-state index contributed by atoms with van der Waals surface area (Å²) in [5.74, 6) is 2.04. The summed E-state index contributed by atoms with van der Waals surface area (Å²) in [6, 6.07) is 4.62. The number of nitrogens with one attached hydrogen (secondary N) is 1. The molecule has 0 aliphatic carbocycles. The topological polar surface area (TPSA) is 37.6 Å². The van der Waals surface area contributed by atoms with Gasteiger partial charge in [0.1, 0.15) is 11.5 Å². The van der Waals surface area contributed by atoms with Crippen LogP contribution in [-0.2, 0) is 17.8 Å². The van der Waals surface area contributed by atoms with Gasteiger partial charge < -0.3 is 14.5 Å². The molecular formula is C15H26N2O2. The van der Waals surface area contributed by atoms with Crippen molar-refractivity contribution >= 4 is 0 Å². The Morgan fingerprint density at radius 1 is 1.37 bits per heavy atom. The van der Waals surface area contributed by atoms with Crippen LogP contribution in [0.5, 0.6) is 0 Å². The first kappa shape index (κ1) is 14.6. The van der Waals surface area contributed by atoms with E-state index in [1.165, 1.54) is 12.8 Å². The SMILES string of the molecule is CC(C)NCc1ccc(CN(C)CC2CCCO2)o1. The number of ether oxygens (including phenoxy) is 1. The van der Waals surface area contributed by atoms with Gasteiger partial charge >= 0.3 is 0 Å². The van der Waals surface area contributed by atoms with E-state index in [1.807, 2.05) is 0 Å². The molecule has 0 radical (unpaired) electrons. The largest absolute Gasteiger partial charge is 0.463 e. The summed E-state index contributed by atoms with van der Waals surface area (Å²) in [6.07, 6.45) is 2.79. The van der Waals surface area contributed by atoms with Crippen LogP contribution in [0.4, 0.5) is 0 Å². The lowest BCUT2D eigenvalue weighted by atomic mass is 10.2. The molecular weight excluding hydrogens is 240 g/mol. The Hall–Kier alpha value is -0.840. The summed E-state index contributed by atoms with van der Waals surface area (Å²) < 4.78 is 11.5. The fraction of sp³-hybridized carbons (Fsp3) is 0.733. The predicted octanol–water partition coefficient (Wildman–Crippen LogP) is 2.39. The van der Waals surface area contributed by atoms with Crippen molar-refractivity contribution in [3.8, 4) is 0 Å². The summed E-state index contributed by atoms with van der Waals surface area (Å²) >= 11 is 0. The van der Waals surface area contributed by atoms with Gasteiger partial charge in [0.2, 0.25) is 0 Å². The van der Waals surface area contributed by atoms with E-state index in [2.05, 4.69) is 43.2 Å². The lowest BCUT2D eigenvalue weighted by Crippen LogP contribution is -2.28.